The van der Waals surface area contributed by atoms with E-state index >= 15 is 0 Å². The molecule has 0 atom stereocenters. The summed E-state index contributed by atoms with van der Waals surface area (Å²) in [4.78, 5) is 37.6. The molecule has 0 aliphatic rings. The van der Waals surface area contributed by atoms with Crippen LogP contribution in [0.1, 0.15) is 43.8 Å². The van der Waals surface area contributed by atoms with Gasteiger partial charge in [-0.05, 0) is 43.4 Å². The van der Waals surface area contributed by atoms with Gasteiger partial charge in [-0.3, -0.25) is 14.9 Å². The van der Waals surface area contributed by atoms with E-state index < -0.39 is 11.9 Å². The average Bonchev–Trinajstić information content (AvgIpc) is 3.22. The van der Waals surface area contributed by atoms with Crippen LogP contribution in [0, 0.1) is 0 Å². The van der Waals surface area contributed by atoms with Crippen molar-refractivity contribution in [1.29, 1.82) is 0 Å². The van der Waals surface area contributed by atoms with Gasteiger partial charge in [0.2, 0.25) is 5.76 Å². The Hall–Kier alpha value is -4.30. The van der Waals surface area contributed by atoms with E-state index in [2.05, 4.69) is 10.6 Å². The molecule has 0 spiro atoms. The fourth-order valence-electron chi connectivity index (χ4n) is 3.36. The smallest absolute Gasteiger partial charge is 0.376 e. The van der Waals surface area contributed by atoms with Gasteiger partial charge < -0.3 is 14.5 Å². The van der Waals surface area contributed by atoms with Crippen LogP contribution in [0.15, 0.2) is 83.3 Å². The van der Waals surface area contributed by atoms with Gasteiger partial charge >= 0.3 is 5.97 Å². The number of carbonyl (C=O) groups excluding carboxylic acids is 3. The van der Waals surface area contributed by atoms with Gasteiger partial charge in [-0.2, -0.15) is 0 Å². The number of ether oxygens (including phenoxy) is 1. The summed E-state index contributed by atoms with van der Waals surface area (Å²) >= 11 is 5.29. The zero-order chi connectivity index (χ0) is 24.1. The summed E-state index contributed by atoms with van der Waals surface area (Å²) in [6.07, 6.45) is 0. The van der Waals surface area contributed by atoms with Crippen LogP contribution in [0.5, 0.6) is 0 Å². The lowest BCUT2D eigenvalue weighted by Gasteiger charge is -2.10. The Morgan fingerprint density at radius 1 is 0.853 bits per heavy atom. The Labute approximate surface area is 200 Å². The first-order chi connectivity index (χ1) is 16.5. The Bertz CT molecular complexity index is 1380. The van der Waals surface area contributed by atoms with Crippen molar-refractivity contribution in [2.24, 2.45) is 0 Å². The fourth-order valence-corrected chi connectivity index (χ4v) is 3.55. The maximum Gasteiger partial charge on any atom is 0.376 e. The monoisotopic (exact) mass is 472 g/mol. The number of hydrogen-bond donors (Lipinski definition) is 2. The summed E-state index contributed by atoms with van der Waals surface area (Å²) in [5.74, 6) is -1.29. The minimum Gasteiger partial charge on any atom is -0.460 e. The van der Waals surface area contributed by atoms with Crippen LogP contribution < -0.4 is 10.6 Å². The highest BCUT2D eigenvalue weighted by molar-refractivity contribution is 7.80. The van der Waals surface area contributed by atoms with Crippen molar-refractivity contribution < 1.29 is 23.5 Å². The summed E-state index contributed by atoms with van der Waals surface area (Å²) in [5, 5.41) is 6.05. The molecular weight excluding hydrogens is 452 g/mol. The quantitative estimate of drug-likeness (QED) is 0.232. The van der Waals surface area contributed by atoms with E-state index in [0.29, 0.717) is 33.3 Å². The van der Waals surface area contributed by atoms with Crippen LogP contribution in [-0.2, 0) is 4.74 Å². The second-order valence-electron chi connectivity index (χ2n) is 7.20. The van der Waals surface area contributed by atoms with Gasteiger partial charge in [-0.25, -0.2) is 4.79 Å². The molecule has 0 radical (unpaired) electrons. The van der Waals surface area contributed by atoms with E-state index in [0.717, 1.165) is 0 Å². The molecule has 7 nitrogen and oxygen atoms in total. The maximum atomic E-state index is 12.7. The highest BCUT2D eigenvalue weighted by Crippen LogP contribution is 2.31. The van der Waals surface area contributed by atoms with Crippen LogP contribution in [0.25, 0.3) is 11.0 Å². The Kier molecular flexibility index (Phi) is 6.79. The number of hydrogen-bond acceptors (Lipinski definition) is 6. The number of fused-ring (bicyclic) bond motifs is 1. The first-order valence-electron chi connectivity index (χ1n) is 10.5. The molecule has 3 aromatic carbocycles. The molecule has 4 rings (SSSR count). The molecule has 8 heteroatoms. The maximum absolute atomic E-state index is 12.7. The number of anilines is 1. The molecule has 0 unspecified atom stereocenters. The molecule has 0 fully saturated rings. The van der Waals surface area contributed by atoms with E-state index in [9.17, 15) is 14.4 Å². The molecule has 0 aliphatic heterocycles. The number of nitrogens with one attached hydrogen (secondary N) is 2. The van der Waals surface area contributed by atoms with Gasteiger partial charge in [-0.15, -0.1) is 0 Å². The zero-order valence-corrected chi connectivity index (χ0v) is 19.0. The zero-order valence-electron chi connectivity index (χ0n) is 18.2. The largest absolute Gasteiger partial charge is 0.460 e. The van der Waals surface area contributed by atoms with Crippen LogP contribution in [0.2, 0.25) is 0 Å². The lowest BCUT2D eigenvalue weighted by molar-refractivity contribution is 0.0494. The summed E-state index contributed by atoms with van der Waals surface area (Å²) < 4.78 is 10.7. The topological polar surface area (TPSA) is 97.6 Å². The minimum absolute atomic E-state index is 0.0217. The van der Waals surface area contributed by atoms with Crippen molar-refractivity contribution in [3.05, 3.63) is 101 Å². The van der Waals surface area contributed by atoms with Crippen molar-refractivity contribution in [2.75, 3.05) is 11.9 Å². The minimum atomic E-state index is -0.644. The number of esters is 1. The summed E-state index contributed by atoms with van der Waals surface area (Å²) in [7, 11) is 0. The summed E-state index contributed by atoms with van der Waals surface area (Å²) in [5.41, 5.74) is 2.13. The Morgan fingerprint density at radius 3 is 2.18 bits per heavy atom. The van der Waals surface area contributed by atoms with Gasteiger partial charge in [0.1, 0.15) is 11.3 Å². The van der Waals surface area contributed by atoms with Gasteiger partial charge in [0.15, 0.2) is 10.9 Å². The second-order valence-corrected chi connectivity index (χ2v) is 7.61. The second kappa shape index (κ2) is 10.1. The predicted molar refractivity (Wildman–Crippen MR) is 132 cm³/mol. The predicted octanol–water partition coefficient (Wildman–Crippen LogP) is 4.97. The SMILES string of the molecule is CCOC(=O)c1oc2ccccc2c1NC(=S)NC(=O)c1ccc(C(=O)c2ccccc2)cc1. The summed E-state index contributed by atoms with van der Waals surface area (Å²) in [6, 6.07) is 22.2. The average molecular weight is 473 g/mol. The fraction of sp³-hybridized carbons (Fsp3) is 0.0769. The van der Waals surface area contributed by atoms with Crippen molar-refractivity contribution >= 4 is 51.6 Å². The van der Waals surface area contributed by atoms with E-state index in [1.807, 2.05) is 6.07 Å². The number of rotatable bonds is 6. The van der Waals surface area contributed by atoms with Crippen LogP contribution in [-0.4, -0.2) is 29.4 Å². The van der Waals surface area contributed by atoms with Crippen molar-refractivity contribution in [3.63, 3.8) is 0 Å². The molecule has 170 valence electrons. The van der Waals surface area contributed by atoms with Gasteiger partial charge in [-0.1, -0.05) is 54.6 Å². The number of ketones is 1. The number of carbonyl (C=O) groups is 3. The normalized spacial score (nSPS) is 10.5. The number of para-hydroxylation sites is 1. The van der Waals surface area contributed by atoms with Crippen LogP contribution in [0.4, 0.5) is 5.69 Å². The number of benzene rings is 3. The summed E-state index contributed by atoms with van der Waals surface area (Å²) in [6.45, 7) is 1.87. The van der Waals surface area contributed by atoms with Crippen LogP contribution in [0.3, 0.4) is 0 Å². The molecule has 0 saturated carbocycles. The van der Waals surface area contributed by atoms with E-state index in [4.69, 9.17) is 21.4 Å². The van der Waals surface area contributed by atoms with Gasteiger partial charge in [0.25, 0.3) is 5.91 Å². The third-order valence-corrected chi connectivity index (χ3v) is 5.17. The van der Waals surface area contributed by atoms with E-state index in [1.165, 1.54) is 0 Å². The Morgan fingerprint density at radius 2 is 1.47 bits per heavy atom. The molecule has 1 heterocycles. The van der Waals surface area contributed by atoms with E-state index in [1.54, 1.807) is 79.7 Å². The first kappa shape index (κ1) is 22.9. The van der Waals surface area contributed by atoms with Gasteiger partial charge in [0.05, 0.1) is 6.61 Å². The molecule has 1 amide bonds. The van der Waals surface area contributed by atoms with E-state index in [-0.39, 0.29) is 23.3 Å². The number of amides is 1. The van der Waals surface area contributed by atoms with Crippen molar-refractivity contribution in [3.8, 4) is 0 Å². The Balaban J connectivity index is 1.48. The third kappa shape index (κ3) is 4.87. The molecular formula is C26H20N2O5S. The number of furan rings is 1. The van der Waals surface area contributed by atoms with Crippen molar-refractivity contribution in [2.45, 2.75) is 6.92 Å². The molecule has 4 aromatic rings. The van der Waals surface area contributed by atoms with Crippen LogP contribution >= 0.6 is 12.2 Å². The van der Waals surface area contributed by atoms with Crippen molar-refractivity contribution in [1.82, 2.24) is 5.32 Å². The lowest BCUT2D eigenvalue weighted by Crippen LogP contribution is -2.34. The molecule has 34 heavy (non-hydrogen) atoms. The highest BCUT2D eigenvalue weighted by atomic mass is 32.1. The molecule has 0 saturated heterocycles. The molecule has 0 aliphatic carbocycles. The molecule has 0 bridgehead atoms. The molecule has 1 aromatic heterocycles. The lowest BCUT2D eigenvalue weighted by atomic mass is 10.0. The third-order valence-electron chi connectivity index (χ3n) is 4.97. The van der Waals surface area contributed by atoms with Gasteiger partial charge in [0, 0.05) is 22.1 Å². The number of thiocarbonyl (C=S) groups is 1. The first-order valence-corrected chi connectivity index (χ1v) is 10.9. The molecule has 2 N–H and O–H groups in total. The highest BCUT2D eigenvalue weighted by Gasteiger charge is 2.23. The standard InChI is InChI=1S/C26H20N2O5S/c1-2-32-25(31)23-21(19-10-6-7-11-20(19)33-23)27-26(34)28-24(30)18-14-12-17(13-15-18)22(29)16-8-4-3-5-9-16/h3-15H,2H2,1H3,(H2,27,28,30,34).